The van der Waals surface area contributed by atoms with Crippen molar-refractivity contribution in [1.82, 2.24) is 4.57 Å². The standard InChI is InChI=1S/C49H33NO/c1-49(2)42-25-41-34-13-6-8-17-46(34)51-47(41)26-39(42)38-24-40-33-12-5-7-16-44(33)50(45(40)27-43(38)49)29-20-18-28(19-21-29)30-22-23-37-32-11-4-3-10-31(32)36-15-9-14-35(30)48(36)37/h3-27,35,48H,1-2H3. The molecule has 8 aromatic rings. The Labute approximate surface area is 296 Å². The number of rotatable bonds is 2. The van der Waals surface area contributed by atoms with E-state index in [0.717, 1.165) is 11.2 Å². The molecule has 0 bridgehead atoms. The number of fused-ring (bicyclic) bond motifs is 12. The summed E-state index contributed by atoms with van der Waals surface area (Å²) in [7, 11) is 0. The van der Waals surface area contributed by atoms with E-state index in [1.807, 2.05) is 6.07 Å². The topological polar surface area (TPSA) is 18.1 Å². The van der Waals surface area contributed by atoms with Gasteiger partial charge in [-0.1, -0.05) is 117 Å². The predicted octanol–water partition coefficient (Wildman–Crippen LogP) is 12.7. The minimum absolute atomic E-state index is 0.156. The molecule has 4 aliphatic rings. The van der Waals surface area contributed by atoms with Crippen LogP contribution in [0.2, 0.25) is 0 Å². The number of benzene rings is 6. The van der Waals surface area contributed by atoms with E-state index in [9.17, 15) is 0 Å². The second kappa shape index (κ2) is 9.56. The van der Waals surface area contributed by atoms with Gasteiger partial charge in [0.1, 0.15) is 11.2 Å². The van der Waals surface area contributed by atoms with Crippen LogP contribution in [-0.4, -0.2) is 4.57 Å². The summed E-state index contributed by atoms with van der Waals surface area (Å²) in [5.41, 5.74) is 19.1. The molecule has 0 radical (unpaired) electrons. The van der Waals surface area contributed by atoms with Gasteiger partial charge in [0.25, 0.3) is 0 Å². The summed E-state index contributed by atoms with van der Waals surface area (Å²) < 4.78 is 8.84. The van der Waals surface area contributed by atoms with E-state index in [2.05, 4.69) is 164 Å². The fraction of sp³-hybridized carbons (Fsp3) is 0.102. The van der Waals surface area contributed by atoms with Crippen LogP contribution in [0.25, 0.3) is 77.3 Å². The molecular formula is C49H33NO. The summed E-state index contributed by atoms with van der Waals surface area (Å²) >= 11 is 0. The quantitative estimate of drug-likeness (QED) is 0.182. The third kappa shape index (κ3) is 3.52. The van der Waals surface area contributed by atoms with E-state index in [0.29, 0.717) is 11.8 Å². The van der Waals surface area contributed by atoms with Gasteiger partial charge < -0.3 is 8.98 Å². The maximum absolute atomic E-state index is 6.37. The van der Waals surface area contributed by atoms with Gasteiger partial charge in [-0.25, -0.2) is 0 Å². The van der Waals surface area contributed by atoms with Gasteiger partial charge in [-0.3, -0.25) is 0 Å². The van der Waals surface area contributed by atoms with E-state index in [1.54, 1.807) is 0 Å². The Morgan fingerprint density at radius 1 is 0.529 bits per heavy atom. The lowest BCUT2D eigenvalue weighted by atomic mass is 9.72. The molecule has 0 saturated heterocycles. The zero-order valence-corrected chi connectivity index (χ0v) is 28.4. The van der Waals surface area contributed by atoms with Gasteiger partial charge in [-0.2, -0.15) is 0 Å². The molecule has 0 fully saturated rings. The zero-order chi connectivity index (χ0) is 33.6. The molecule has 2 heteroatoms. The largest absolute Gasteiger partial charge is 0.456 e. The Hall–Kier alpha value is -6.12. The first-order chi connectivity index (χ1) is 25.0. The van der Waals surface area contributed by atoms with Crippen LogP contribution in [0.3, 0.4) is 0 Å². The highest BCUT2D eigenvalue weighted by Gasteiger charge is 2.40. The summed E-state index contributed by atoms with van der Waals surface area (Å²) in [4.78, 5) is 0. The third-order valence-corrected chi connectivity index (χ3v) is 12.4. The molecule has 2 aromatic heterocycles. The van der Waals surface area contributed by atoms with Crippen molar-refractivity contribution in [2.45, 2.75) is 19.3 Å². The number of hydrogen-bond donors (Lipinski definition) is 0. The third-order valence-electron chi connectivity index (χ3n) is 12.4. The molecule has 0 N–H and O–H groups in total. The average molecular weight is 652 g/mol. The molecule has 51 heavy (non-hydrogen) atoms. The van der Waals surface area contributed by atoms with Crippen LogP contribution in [0.1, 0.15) is 41.7 Å². The predicted molar refractivity (Wildman–Crippen MR) is 212 cm³/mol. The highest BCUT2D eigenvalue weighted by atomic mass is 16.3. The van der Waals surface area contributed by atoms with Crippen molar-refractivity contribution in [2.75, 3.05) is 0 Å². The lowest BCUT2D eigenvalue weighted by molar-refractivity contribution is 0.658. The molecule has 6 aromatic carbocycles. The monoisotopic (exact) mass is 651 g/mol. The van der Waals surface area contributed by atoms with Crippen LogP contribution in [0, 0.1) is 11.8 Å². The van der Waals surface area contributed by atoms with Crippen LogP contribution in [0.4, 0.5) is 0 Å². The average Bonchev–Trinajstić information content (AvgIpc) is 3.87. The first-order valence-corrected chi connectivity index (χ1v) is 18.1. The summed E-state index contributed by atoms with van der Waals surface area (Å²) in [6.07, 6.45) is 11.7. The molecule has 0 saturated carbocycles. The van der Waals surface area contributed by atoms with Gasteiger partial charge in [0.2, 0.25) is 0 Å². The number of hydrogen-bond acceptors (Lipinski definition) is 1. The first-order valence-electron chi connectivity index (χ1n) is 18.1. The van der Waals surface area contributed by atoms with Crippen molar-refractivity contribution >= 4 is 60.5 Å². The molecule has 240 valence electrons. The van der Waals surface area contributed by atoms with Crippen LogP contribution in [0.5, 0.6) is 0 Å². The summed E-state index contributed by atoms with van der Waals surface area (Å²) in [6, 6.07) is 45.0. The number of allylic oxidation sites excluding steroid dienone is 8. The van der Waals surface area contributed by atoms with Gasteiger partial charge in [0.05, 0.1) is 11.0 Å². The molecular weight excluding hydrogens is 619 g/mol. The van der Waals surface area contributed by atoms with Crippen molar-refractivity contribution in [1.29, 1.82) is 0 Å². The summed E-state index contributed by atoms with van der Waals surface area (Å²) in [5.74, 6) is 0.727. The number of para-hydroxylation sites is 2. The highest BCUT2D eigenvalue weighted by Crippen LogP contribution is 2.56. The molecule has 4 aliphatic carbocycles. The normalized spacial score (nSPS) is 19.2. The van der Waals surface area contributed by atoms with Gasteiger partial charge in [-0.05, 0) is 104 Å². The highest BCUT2D eigenvalue weighted by molar-refractivity contribution is 6.13. The van der Waals surface area contributed by atoms with E-state index in [4.69, 9.17) is 4.42 Å². The number of aromatic nitrogens is 1. The fourth-order valence-corrected chi connectivity index (χ4v) is 10.0. The van der Waals surface area contributed by atoms with Crippen molar-refractivity contribution in [3.8, 4) is 16.8 Å². The van der Waals surface area contributed by atoms with E-state index in [-0.39, 0.29) is 5.41 Å². The van der Waals surface area contributed by atoms with Crippen LogP contribution in [0.15, 0.2) is 156 Å². The van der Waals surface area contributed by atoms with Gasteiger partial charge >= 0.3 is 0 Å². The molecule has 0 spiro atoms. The van der Waals surface area contributed by atoms with Gasteiger partial charge in [-0.15, -0.1) is 0 Å². The molecule has 2 nitrogen and oxygen atoms in total. The summed E-state index contributed by atoms with van der Waals surface area (Å²) in [5, 5.41) is 4.92. The Balaban J connectivity index is 1.00. The van der Waals surface area contributed by atoms with Crippen LogP contribution in [-0.2, 0) is 5.41 Å². The summed E-state index contributed by atoms with van der Waals surface area (Å²) in [6.45, 7) is 4.75. The second-order valence-electron chi connectivity index (χ2n) is 15.2. The molecule has 2 unspecified atom stereocenters. The van der Waals surface area contributed by atoms with E-state index < -0.39 is 0 Å². The molecule has 0 amide bonds. The van der Waals surface area contributed by atoms with Crippen LogP contribution >= 0.6 is 0 Å². The van der Waals surface area contributed by atoms with Crippen LogP contribution < -0.4 is 0 Å². The maximum atomic E-state index is 6.37. The zero-order valence-electron chi connectivity index (χ0n) is 28.4. The van der Waals surface area contributed by atoms with Crippen molar-refractivity contribution in [3.05, 3.63) is 180 Å². The second-order valence-corrected chi connectivity index (χ2v) is 15.2. The number of nitrogens with zero attached hydrogens (tertiary/aromatic N) is 1. The lowest BCUT2D eigenvalue weighted by Crippen LogP contribution is -2.18. The number of furan rings is 1. The Bertz CT molecular complexity index is 2990. The molecule has 2 atom stereocenters. The minimum atomic E-state index is -0.156. The van der Waals surface area contributed by atoms with Gasteiger partial charge in [0, 0.05) is 44.5 Å². The maximum Gasteiger partial charge on any atom is 0.136 e. The fourth-order valence-electron chi connectivity index (χ4n) is 10.0. The minimum Gasteiger partial charge on any atom is -0.456 e. The first kappa shape index (κ1) is 27.7. The SMILES string of the molecule is CC1(C)c2cc3c(cc2-c2cc4c5ccccc5n(-c5ccc(C6=CC=C7c8ccccc8C8=CC=CC6C87)cc5)c4cc21)oc1ccccc13. The smallest absolute Gasteiger partial charge is 0.136 e. The Morgan fingerprint density at radius 2 is 1.22 bits per heavy atom. The molecule has 12 rings (SSSR count). The van der Waals surface area contributed by atoms with Crippen molar-refractivity contribution in [2.24, 2.45) is 11.8 Å². The molecule has 2 heterocycles. The lowest BCUT2D eigenvalue weighted by Gasteiger charge is -2.31. The molecule has 0 aliphatic heterocycles. The van der Waals surface area contributed by atoms with Crippen molar-refractivity contribution in [3.63, 3.8) is 0 Å². The Kier molecular flexibility index (Phi) is 5.19. The van der Waals surface area contributed by atoms with Crippen molar-refractivity contribution < 1.29 is 4.42 Å². The van der Waals surface area contributed by atoms with Gasteiger partial charge in [0.15, 0.2) is 0 Å². The van der Waals surface area contributed by atoms with E-state index >= 15 is 0 Å². The Morgan fingerprint density at radius 3 is 2.06 bits per heavy atom. The van der Waals surface area contributed by atoms with E-state index in [1.165, 1.54) is 93.9 Å².